The average molecular weight is 297 g/mol. The molecule has 0 radical (unpaired) electrons. The minimum atomic E-state index is -0.478. The fraction of sp³-hybridized carbons (Fsp3) is 0.278. The predicted octanol–water partition coefficient (Wildman–Crippen LogP) is 2.91. The summed E-state index contributed by atoms with van der Waals surface area (Å²) in [5.41, 5.74) is 5.13. The lowest BCUT2D eigenvalue weighted by Gasteiger charge is -2.14. The molecule has 0 unspecified atom stereocenters. The predicted molar refractivity (Wildman–Crippen MR) is 84.8 cm³/mol. The van der Waals surface area contributed by atoms with Crippen LogP contribution in [0.4, 0.5) is 4.79 Å². The molecule has 0 spiro atoms. The fourth-order valence-electron chi connectivity index (χ4n) is 3.05. The molecule has 22 heavy (non-hydrogen) atoms. The van der Waals surface area contributed by atoms with Crippen molar-refractivity contribution in [2.45, 2.75) is 12.3 Å². The maximum Gasteiger partial charge on any atom is 0.407 e. The number of hydrogen-bond donors (Lipinski definition) is 2. The number of fused-ring (bicyclic) bond motifs is 3. The minimum absolute atomic E-state index is 0.0848. The Hall–Kier alpha value is -2.33. The molecule has 0 fully saturated rings. The van der Waals surface area contributed by atoms with Gasteiger partial charge in [0, 0.05) is 12.5 Å². The van der Waals surface area contributed by atoms with E-state index >= 15 is 0 Å². The molecule has 1 amide bonds. The van der Waals surface area contributed by atoms with Crippen LogP contribution >= 0.6 is 0 Å². The van der Waals surface area contributed by atoms with Crippen LogP contribution in [0.1, 0.15) is 23.5 Å². The number of benzene rings is 2. The third-order valence-corrected chi connectivity index (χ3v) is 3.98. The number of carbonyl (C=O) groups is 1. The van der Waals surface area contributed by atoms with Crippen molar-refractivity contribution >= 4 is 6.09 Å². The standard InChI is InChI=1S/C18H19NO3/c20-11-10-19-18(21)22-12-9-17-15-7-3-1-5-13(15)14-6-2-4-8-16(14)17/h1-8,17,20H,9-12H2,(H,19,21). The summed E-state index contributed by atoms with van der Waals surface area (Å²) in [6.45, 7) is 0.483. The number of rotatable bonds is 5. The molecule has 2 N–H and O–H groups in total. The maximum absolute atomic E-state index is 11.4. The van der Waals surface area contributed by atoms with E-state index in [1.54, 1.807) is 0 Å². The first kappa shape index (κ1) is 14.6. The number of carbonyl (C=O) groups excluding carboxylic acids is 1. The Kier molecular flexibility index (Phi) is 4.39. The van der Waals surface area contributed by atoms with Gasteiger partial charge in [-0.1, -0.05) is 48.5 Å². The quantitative estimate of drug-likeness (QED) is 0.892. The normalized spacial score (nSPS) is 12.6. The van der Waals surface area contributed by atoms with Gasteiger partial charge in [-0.15, -0.1) is 0 Å². The van der Waals surface area contributed by atoms with Crippen molar-refractivity contribution in [2.24, 2.45) is 0 Å². The Balaban J connectivity index is 1.70. The molecule has 0 aromatic heterocycles. The summed E-state index contributed by atoms with van der Waals surface area (Å²) in [6, 6.07) is 16.8. The average Bonchev–Trinajstić information content (AvgIpc) is 2.88. The molecule has 114 valence electrons. The van der Waals surface area contributed by atoms with Crippen LogP contribution in [0, 0.1) is 0 Å². The Morgan fingerprint density at radius 1 is 1.05 bits per heavy atom. The number of aliphatic hydroxyl groups excluding tert-OH is 1. The van der Waals surface area contributed by atoms with Gasteiger partial charge in [-0.2, -0.15) is 0 Å². The van der Waals surface area contributed by atoms with E-state index < -0.39 is 6.09 Å². The third-order valence-electron chi connectivity index (χ3n) is 3.98. The summed E-state index contributed by atoms with van der Waals surface area (Å²) in [5.74, 6) is 0.262. The fourth-order valence-corrected chi connectivity index (χ4v) is 3.05. The van der Waals surface area contributed by atoms with Crippen LogP contribution in [0.5, 0.6) is 0 Å². The molecular weight excluding hydrogens is 278 g/mol. The first-order valence-corrected chi connectivity index (χ1v) is 7.51. The van der Waals surface area contributed by atoms with E-state index in [2.05, 4.69) is 41.7 Å². The van der Waals surface area contributed by atoms with E-state index in [9.17, 15) is 4.79 Å². The van der Waals surface area contributed by atoms with E-state index in [0.717, 1.165) is 6.42 Å². The zero-order valence-corrected chi connectivity index (χ0v) is 12.3. The summed E-state index contributed by atoms with van der Waals surface area (Å²) < 4.78 is 5.17. The second kappa shape index (κ2) is 6.62. The Morgan fingerprint density at radius 2 is 1.64 bits per heavy atom. The summed E-state index contributed by atoms with van der Waals surface area (Å²) >= 11 is 0. The molecule has 1 aliphatic rings. The molecule has 2 aromatic rings. The summed E-state index contributed by atoms with van der Waals surface area (Å²) in [6.07, 6.45) is 0.272. The molecule has 0 atom stereocenters. The zero-order chi connectivity index (χ0) is 15.4. The van der Waals surface area contributed by atoms with Crippen LogP contribution in [0.3, 0.4) is 0 Å². The number of amides is 1. The molecule has 0 aliphatic heterocycles. The highest BCUT2D eigenvalue weighted by Gasteiger charge is 2.27. The molecule has 0 heterocycles. The Bertz CT molecular complexity index is 623. The second-order valence-electron chi connectivity index (χ2n) is 5.30. The van der Waals surface area contributed by atoms with Crippen molar-refractivity contribution in [2.75, 3.05) is 19.8 Å². The largest absolute Gasteiger partial charge is 0.450 e. The highest BCUT2D eigenvalue weighted by Crippen LogP contribution is 2.45. The van der Waals surface area contributed by atoms with Gasteiger partial charge in [0.05, 0.1) is 13.2 Å². The van der Waals surface area contributed by atoms with Gasteiger partial charge >= 0.3 is 6.09 Å². The van der Waals surface area contributed by atoms with Crippen molar-refractivity contribution < 1.29 is 14.6 Å². The molecule has 4 nitrogen and oxygen atoms in total. The van der Waals surface area contributed by atoms with Gasteiger partial charge < -0.3 is 15.2 Å². The summed E-state index contributed by atoms with van der Waals surface area (Å²) in [5, 5.41) is 11.1. The summed E-state index contributed by atoms with van der Waals surface area (Å²) in [4.78, 5) is 11.4. The van der Waals surface area contributed by atoms with Gasteiger partial charge in [0.2, 0.25) is 0 Å². The summed E-state index contributed by atoms with van der Waals surface area (Å²) in [7, 11) is 0. The molecule has 1 aliphatic carbocycles. The lowest BCUT2D eigenvalue weighted by molar-refractivity contribution is 0.141. The van der Waals surface area contributed by atoms with Crippen molar-refractivity contribution in [3.05, 3.63) is 59.7 Å². The van der Waals surface area contributed by atoms with E-state index in [1.165, 1.54) is 22.3 Å². The molecule has 2 aromatic carbocycles. The van der Waals surface area contributed by atoms with Crippen molar-refractivity contribution in [3.8, 4) is 11.1 Å². The number of nitrogens with one attached hydrogen (secondary N) is 1. The van der Waals surface area contributed by atoms with Gasteiger partial charge in [0.1, 0.15) is 0 Å². The first-order valence-electron chi connectivity index (χ1n) is 7.51. The number of hydrogen-bond acceptors (Lipinski definition) is 3. The van der Waals surface area contributed by atoms with Crippen molar-refractivity contribution in [1.82, 2.24) is 5.32 Å². The molecule has 0 saturated heterocycles. The SMILES string of the molecule is O=C(NCCO)OCCC1c2ccccc2-c2ccccc21. The molecule has 0 saturated carbocycles. The highest BCUT2D eigenvalue weighted by atomic mass is 16.5. The van der Waals surface area contributed by atoms with E-state index in [1.807, 2.05) is 12.1 Å². The van der Waals surface area contributed by atoms with Crippen LogP contribution in [0.25, 0.3) is 11.1 Å². The monoisotopic (exact) mass is 297 g/mol. The van der Waals surface area contributed by atoms with Crippen LogP contribution in [-0.2, 0) is 4.74 Å². The van der Waals surface area contributed by atoms with Gasteiger partial charge in [0.25, 0.3) is 0 Å². The van der Waals surface area contributed by atoms with Gasteiger partial charge in [-0.3, -0.25) is 0 Å². The second-order valence-corrected chi connectivity index (χ2v) is 5.30. The lowest BCUT2D eigenvalue weighted by atomic mass is 9.94. The third kappa shape index (κ3) is 2.83. The van der Waals surface area contributed by atoms with E-state index in [0.29, 0.717) is 6.61 Å². The molecule has 0 bridgehead atoms. The van der Waals surface area contributed by atoms with Crippen LogP contribution in [0.15, 0.2) is 48.5 Å². The van der Waals surface area contributed by atoms with Gasteiger partial charge in [-0.25, -0.2) is 4.79 Å². The molecule has 3 rings (SSSR count). The van der Waals surface area contributed by atoms with E-state index in [4.69, 9.17) is 9.84 Å². The van der Waals surface area contributed by atoms with Gasteiger partial charge in [0.15, 0.2) is 0 Å². The number of alkyl carbamates (subject to hydrolysis) is 1. The van der Waals surface area contributed by atoms with Crippen LogP contribution in [0.2, 0.25) is 0 Å². The number of aliphatic hydroxyl groups is 1. The Morgan fingerprint density at radius 3 is 2.23 bits per heavy atom. The molecule has 4 heteroatoms. The Labute approximate surface area is 129 Å². The maximum atomic E-state index is 11.4. The zero-order valence-electron chi connectivity index (χ0n) is 12.3. The first-order chi connectivity index (χ1) is 10.8. The van der Waals surface area contributed by atoms with E-state index in [-0.39, 0.29) is 19.1 Å². The molecular formula is C18H19NO3. The smallest absolute Gasteiger partial charge is 0.407 e. The van der Waals surface area contributed by atoms with Crippen molar-refractivity contribution in [1.29, 1.82) is 0 Å². The highest BCUT2D eigenvalue weighted by molar-refractivity contribution is 5.78. The van der Waals surface area contributed by atoms with Crippen molar-refractivity contribution in [3.63, 3.8) is 0 Å². The lowest BCUT2D eigenvalue weighted by Crippen LogP contribution is -2.27. The van der Waals surface area contributed by atoms with Gasteiger partial charge in [-0.05, 0) is 28.7 Å². The number of ether oxygens (including phenoxy) is 1. The topological polar surface area (TPSA) is 58.6 Å². The minimum Gasteiger partial charge on any atom is -0.450 e. The van der Waals surface area contributed by atoms with Crippen LogP contribution < -0.4 is 5.32 Å². The van der Waals surface area contributed by atoms with Crippen LogP contribution in [-0.4, -0.2) is 31.0 Å².